The molecule has 1 atom stereocenters. The van der Waals surface area contributed by atoms with Crippen LogP contribution in [0.25, 0.3) is 0 Å². The van der Waals surface area contributed by atoms with Gasteiger partial charge >= 0.3 is 0 Å². The second-order valence-corrected chi connectivity index (χ2v) is 5.79. The molecule has 0 heterocycles. The summed E-state index contributed by atoms with van der Waals surface area (Å²) < 4.78 is 18.8. The van der Waals surface area contributed by atoms with E-state index < -0.39 is 0 Å². The Morgan fingerprint density at radius 2 is 2.10 bits per heavy atom. The number of rotatable bonds is 3. The van der Waals surface area contributed by atoms with Gasteiger partial charge in [-0.3, -0.25) is 0 Å². The van der Waals surface area contributed by atoms with Crippen LogP contribution < -0.4 is 10.5 Å². The number of aryl methyl sites for hydroxylation is 1. The molecule has 0 radical (unpaired) electrons. The number of benzene rings is 2. The van der Waals surface area contributed by atoms with Crippen LogP contribution in [0.1, 0.15) is 35.6 Å². The molecule has 0 saturated carbocycles. The zero-order chi connectivity index (χ0) is 14.8. The third-order valence-electron chi connectivity index (χ3n) is 3.89. The number of nitrogens with two attached hydrogens (primary N) is 1. The highest BCUT2D eigenvalue weighted by molar-refractivity contribution is 6.31. The lowest BCUT2D eigenvalue weighted by Crippen LogP contribution is -2.17. The van der Waals surface area contributed by atoms with Crippen molar-refractivity contribution in [2.45, 2.75) is 31.9 Å². The van der Waals surface area contributed by atoms with Gasteiger partial charge in [-0.15, -0.1) is 0 Å². The van der Waals surface area contributed by atoms with Crippen molar-refractivity contribution in [3.05, 3.63) is 63.9 Å². The van der Waals surface area contributed by atoms with Gasteiger partial charge in [0.1, 0.15) is 18.2 Å². The summed E-state index contributed by atoms with van der Waals surface area (Å²) in [5.41, 5.74) is 9.39. The third kappa shape index (κ3) is 3.20. The molecule has 0 aliphatic heterocycles. The Morgan fingerprint density at radius 1 is 1.24 bits per heavy atom. The summed E-state index contributed by atoms with van der Waals surface area (Å²) in [5.74, 6) is 0.426. The lowest BCUT2D eigenvalue weighted by atomic mass is 9.88. The first-order valence-electron chi connectivity index (χ1n) is 7.08. The van der Waals surface area contributed by atoms with Crippen LogP contribution in [0.4, 0.5) is 4.39 Å². The third-order valence-corrected chi connectivity index (χ3v) is 4.24. The molecule has 0 fully saturated rings. The number of hydrogen-bond donors (Lipinski definition) is 1. The van der Waals surface area contributed by atoms with Gasteiger partial charge in [0.2, 0.25) is 0 Å². The Bertz CT molecular complexity index is 659. The summed E-state index contributed by atoms with van der Waals surface area (Å²) in [6, 6.07) is 10.4. The molecule has 2 aromatic rings. The molecular formula is C17H17ClFNO. The molecular weight excluding hydrogens is 289 g/mol. The fourth-order valence-electron chi connectivity index (χ4n) is 2.70. The second kappa shape index (κ2) is 6.04. The van der Waals surface area contributed by atoms with Gasteiger partial charge < -0.3 is 10.5 Å². The van der Waals surface area contributed by atoms with Gasteiger partial charge in [0.05, 0.1) is 5.02 Å². The van der Waals surface area contributed by atoms with Crippen LogP contribution in [-0.4, -0.2) is 0 Å². The maximum atomic E-state index is 13.0. The van der Waals surface area contributed by atoms with Gasteiger partial charge in [-0.2, -0.15) is 0 Å². The van der Waals surface area contributed by atoms with E-state index in [4.69, 9.17) is 22.1 Å². The number of hydrogen-bond acceptors (Lipinski definition) is 2. The fourth-order valence-corrected chi connectivity index (χ4v) is 2.93. The van der Waals surface area contributed by atoms with E-state index in [2.05, 4.69) is 6.07 Å². The predicted molar refractivity (Wildman–Crippen MR) is 82.1 cm³/mol. The van der Waals surface area contributed by atoms with Gasteiger partial charge in [-0.1, -0.05) is 23.7 Å². The summed E-state index contributed by atoms with van der Waals surface area (Å²) in [7, 11) is 0. The minimum absolute atomic E-state index is 0.0895. The van der Waals surface area contributed by atoms with Crippen LogP contribution in [-0.2, 0) is 13.0 Å². The van der Waals surface area contributed by atoms with Crippen LogP contribution >= 0.6 is 11.6 Å². The minimum Gasteiger partial charge on any atom is -0.489 e. The molecule has 3 rings (SSSR count). The van der Waals surface area contributed by atoms with Crippen LogP contribution in [0.3, 0.4) is 0 Å². The van der Waals surface area contributed by atoms with Crippen LogP contribution in [0.5, 0.6) is 5.75 Å². The Balaban J connectivity index is 1.75. The van der Waals surface area contributed by atoms with Crippen LogP contribution in [0, 0.1) is 5.82 Å². The molecule has 0 spiro atoms. The van der Waals surface area contributed by atoms with Crippen molar-refractivity contribution >= 4 is 11.6 Å². The Hall–Kier alpha value is -1.58. The molecule has 0 bridgehead atoms. The van der Waals surface area contributed by atoms with Crippen molar-refractivity contribution in [3.63, 3.8) is 0 Å². The normalized spacial score (nSPS) is 17.4. The average molecular weight is 306 g/mol. The van der Waals surface area contributed by atoms with Crippen molar-refractivity contribution in [1.29, 1.82) is 0 Å². The predicted octanol–water partition coefficient (Wildman–Crippen LogP) is 4.39. The van der Waals surface area contributed by atoms with Gasteiger partial charge in [0, 0.05) is 11.6 Å². The van der Waals surface area contributed by atoms with E-state index in [0.29, 0.717) is 11.6 Å². The topological polar surface area (TPSA) is 35.2 Å². The van der Waals surface area contributed by atoms with E-state index in [-0.39, 0.29) is 11.9 Å². The molecule has 4 heteroatoms. The maximum absolute atomic E-state index is 13.0. The van der Waals surface area contributed by atoms with Gasteiger partial charge in [-0.05, 0) is 54.7 Å². The molecule has 110 valence electrons. The number of fused-ring (bicyclic) bond motifs is 1. The highest BCUT2D eigenvalue weighted by Crippen LogP contribution is 2.31. The highest BCUT2D eigenvalue weighted by atomic mass is 35.5. The molecule has 0 unspecified atom stereocenters. The van der Waals surface area contributed by atoms with E-state index in [0.717, 1.165) is 30.6 Å². The molecule has 1 aliphatic rings. The standard InChI is InChI=1S/C17H17ClFNO/c18-16-8-13(19)6-4-12(16)10-21-14-7-5-11-2-1-3-17(20)15(11)9-14/h4-9,17H,1-3,10,20H2/t17-/m0/s1. The summed E-state index contributed by atoms with van der Waals surface area (Å²) in [5, 5.41) is 0.379. The van der Waals surface area contributed by atoms with Gasteiger partial charge in [-0.25, -0.2) is 4.39 Å². The lowest BCUT2D eigenvalue weighted by Gasteiger charge is -2.22. The molecule has 1 aliphatic carbocycles. The van der Waals surface area contributed by atoms with Crippen LogP contribution in [0.2, 0.25) is 5.02 Å². The smallest absolute Gasteiger partial charge is 0.124 e. The van der Waals surface area contributed by atoms with Crippen molar-refractivity contribution in [2.75, 3.05) is 0 Å². The molecule has 0 amide bonds. The average Bonchev–Trinajstić information content (AvgIpc) is 2.47. The number of ether oxygens (including phenoxy) is 1. The Kier molecular flexibility index (Phi) is 4.13. The largest absolute Gasteiger partial charge is 0.489 e. The first-order valence-corrected chi connectivity index (χ1v) is 7.46. The molecule has 2 aromatic carbocycles. The SMILES string of the molecule is N[C@H]1CCCc2ccc(OCc3ccc(F)cc3Cl)cc21. The van der Waals surface area contributed by atoms with Crippen molar-refractivity contribution in [3.8, 4) is 5.75 Å². The highest BCUT2D eigenvalue weighted by Gasteiger charge is 2.17. The van der Waals surface area contributed by atoms with E-state index >= 15 is 0 Å². The van der Waals surface area contributed by atoms with E-state index in [1.54, 1.807) is 6.07 Å². The molecule has 21 heavy (non-hydrogen) atoms. The summed E-state index contributed by atoms with van der Waals surface area (Å²) in [4.78, 5) is 0. The van der Waals surface area contributed by atoms with Crippen molar-refractivity contribution < 1.29 is 9.13 Å². The molecule has 2 nitrogen and oxygen atoms in total. The zero-order valence-electron chi connectivity index (χ0n) is 11.6. The van der Waals surface area contributed by atoms with Gasteiger partial charge in [0.15, 0.2) is 0 Å². The number of halogens is 2. The monoisotopic (exact) mass is 305 g/mol. The fraction of sp³-hybridized carbons (Fsp3) is 0.294. The zero-order valence-corrected chi connectivity index (χ0v) is 12.4. The second-order valence-electron chi connectivity index (χ2n) is 5.38. The maximum Gasteiger partial charge on any atom is 0.124 e. The van der Waals surface area contributed by atoms with Gasteiger partial charge in [0.25, 0.3) is 0 Å². The van der Waals surface area contributed by atoms with Crippen molar-refractivity contribution in [1.82, 2.24) is 0 Å². The lowest BCUT2D eigenvalue weighted by molar-refractivity contribution is 0.305. The van der Waals surface area contributed by atoms with Crippen LogP contribution in [0.15, 0.2) is 36.4 Å². The summed E-state index contributed by atoms with van der Waals surface area (Å²) >= 11 is 5.99. The Labute approximate surface area is 128 Å². The minimum atomic E-state index is -0.344. The summed E-state index contributed by atoms with van der Waals surface area (Å²) in [6.45, 7) is 0.313. The van der Waals surface area contributed by atoms with Crippen molar-refractivity contribution in [2.24, 2.45) is 5.73 Å². The molecule has 2 N–H and O–H groups in total. The van der Waals surface area contributed by atoms with E-state index in [1.807, 2.05) is 12.1 Å². The molecule has 0 saturated heterocycles. The molecule has 0 aromatic heterocycles. The quantitative estimate of drug-likeness (QED) is 0.912. The Morgan fingerprint density at radius 3 is 2.90 bits per heavy atom. The van der Waals surface area contributed by atoms with E-state index in [9.17, 15) is 4.39 Å². The van der Waals surface area contributed by atoms with E-state index in [1.165, 1.54) is 23.3 Å². The first-order chi connectivity index (χ1) is 10.1. The summed E-state index contributed by atoms with van der Waals surface area (Å²) in [6.07, 6.45) is 3.23. The first kappa shape index (κ1) is 14.4.